The fourth-order valence-corrected chi connectivity index (χ4v) is 3.91. The van der Waals surface area contributed by atoms with Crippen LogP contribution in [0.5, 0.6) is 0 Å². The number of nitrogens with one attached hydrogen (secondary N) is 2. The lowest BCUT2D eigenvalue weighted by Gasteiger charge is -2.36. The van der Waals surface area contributed by atoms with Crippen LogP contribution in [0.15, 0.2) is 29.4 Å². The molecule has 0 spiro atoms. The molecule has 31 heavy (non-hydrogen) atoms. The molecule has 0 radical (unpaired) electrons. The molecule has 8 heteroatoms. The Bertz CT molecular complexity index is 836. The van der Waals surface area contributed by atoms with Gasteiger partial charge in [0.1, 0.15) is 5.82 Å². The van der Waals surface area contributed by atoms with Crippen molar-refractivity contribution in [1.29, 1.82) is 0 Å². The third kappa shape index (κ3) is 6.95. The molecule has 2 aromatic rings. The molecule has 0 aliphatic carbocycles. The molecule has 2 unspecified atom stereocenters. The normalized spacial score (nSPS) is 19.5. The van der Waals surface area contributed by atoms with Crippen molar-refractivity contribution in [1.82, 2.24) is 25.4 Å². The Labute approximate surface area is 186 Å². The monoisotopic (exact) mass is 427 g/mol. The summed E-state index contributed by atoms with van der Waals surface area (Å²) in [6, 6.07) is 6.31. The van der Waals surface area contributed by atoms with Crippen LogP contribution in [0.4, 0.5) is 5.82 Å². The number of rotatable bonds is 8. The highest BCUT2D eigenvalue weighted by Crippen LogP contribution is 2.18. The Hall–Kier alpha value is -2.61. The van der Waals surface area contributed by atoms with Gasteiger partial charge in [0, 0.05) is 44.6 Å². The van der Waals surface area contributed by atoms with Crippen LogP contribution in [0, 0.1) is 13.8 Å². The second kappa shape index (κ2) is 11.1. The zero-order valence-electron chi connectivity index (χ0n) is 19.6. The number of aryl methyl sites for hydroxylation is 3. The van der Waals surface area contributed by atoms with Gasteiger partial charge >= 0.3 is 0 Å². The summed E-state index contributed by atoms with van der Waals surface area (Å²) in [6.07, 6.45) is 3.37. The second-order valence-electron chi connectivity index (χ2n) is 8.31. The van der Waals surface area contributed by atoms with Crippen molar-refractivity contribution in [2.75, 3.05) is 31.1 Å². The van der Waals surface area contributed by atoms with Crippen molar-refractivity contribution in [2.45, 2.75) is 66.3 Å². The van der Waals surface area contributed by atoms with Gasteiger partial charge in [-0.3, -0.25) is 4.68 Å². The molecule has 2 aromatic heterocycles. The van der Waals surface area contributed by atoms with Gasteiger partial charge < -0.3 is 20.3 Å². The summed E-state index contributed by atoms with van der Waals surface area (Å²) in [6.45, 7) is 15.3. The van der Waals surface area contributed by atoms with E-state index in [2.05, 4.69) is 76.2 Å². The predicted molar refractivity (Wildman–Crippen MR) is 126 cm³/mol. The van der Waals surface area contributed by atoms with E-state index in [0.717, 1.165) is 62.2 Å². The summed E-state index contributed by atoms with van der Waals surface area (Å²) in [4.78, 5) is 11.7. The molecule has 170 valence electrons. The fraction of sp³-hybridized carbons (Fsp3) is 0.609. The molecule has 2 N–H and O–H groups in total. The van der Waals surface area contributed by atoms with Crippen molar-refractivity contribution in [3.8, 4) is 0 Å². The highest BCUT2D eigenvalue weighted by molar-refractivity contribution is 5.79. The SMILES string of the molecule is CCNC(=NCc1ccc(N2CC(C)OC(C)C2)nc1)NCCCn1nc(C)cc1C. The van der Waals surface area contributed by atoms with Crippen LogP contribution in [0.3, 0.4) is 0 Å². The summed E-state index contributed by atoms with van der Waals surface area (Å²) in [7, 11) is 0. The molecule has 8 nitrogen and oxygen atoms in total. The Morgan fingerprint density at radius 2 is 1.97 bits per heavy atom. The average molecular weight is 428 g/mol. The summed E-state index contributed by atoms with van der Waals surface area (Å²) in [5.41, 5.74) is 3.37. The van der Waals surface area contributed by atoms with E-state index in [4.69, 9.17) is 9.73 Å². The van der Waals surface area contributed by atoms with Crippen LogP contribution in [-0.4, -0.2) is 59.1 Å². The molecule has 1 aliphatic rings. The predicted octanol–water partition coefficient (Wildman–Crippen LogP) is 2.65. The van der Waals surface area contributed by atoms with Gasteiger partial charge in [-0.25, -0.2) is 9.98 Å². The largest absolute Gasteiger partial charge is 0.372 e. The molecule has 0 bridgehead atoms. The van der Waals surface area contributed by atoms with Gasteiger partial charge in [-0.15, -0.1) is 0 Å². The number of anilines is 1. The van der Waals surface area contributed by atoms with E-state index >= 15 is 0 Å². The minimum atomic E-state index is 0.227. The van der Waals surface area contributed by atoms with Crippen LogP contribution < -0.4 is 15.5 Å². The number of morpholine rings is 1. The van der Waals surface area contributed by atoms with Crippen LogP contribution in [0.1, 0.15) is 44.1 Å². The first-order valence-electron chi connectivity index (χ1n) is 11.3. The van der Waals surface area contributed by atoms with Crippen LogP contribution in [0.25, 0.3) is 0 Å². The van der Waals surface area contributed by atoms with Crippen molar-refractivity contribution in [3.05, 3.63) is 41.3 Å². The molecule has 2 atom stereocenters. The van der Waals surface area contributed by atoms with E-state index in [1.807, 2.05) is 13.1 Å². The number of aromatic nitrogens is 3. The Morgan fingerprint density at radius 1 is 1.19 bits per heavy atom. The summed E-state index contributed by atoms with van der Waals surface area (Å²) in [5.74, 6) is 1.83. The van der Waals surface area contributed by atoms with Crippen molar-refractivity contribution >= 4 is 11.8 Å². The topological polar surface area (TPSA) is 79.6 Å². The lowest BCUT2D eigenvalue weighted by Crippen LogP contribution is -2.45. The minimum absolute atomic E-state index is 0.227. The highest BCUT2D eigenvalue weighted by atomic mass is 16.5. The van der Waals surface area contributed by atoms with Gasteiger partial charge in [-0.1, -0.05) is 6.07 Å². The Morgan fingerprint density at radius 3 is 2.58 bits per heavy atom. The van der Waals surface area contributed by atoms with Crippen molar-refractivity contribution in [2.24, 2.45) is 4.99 Å². The number of hydrogen-bond acceptors (Lipinski definition) is 5. The highest BCUT2D eigenvalue weighted by Gasteiger charge is 2.22. The molecule has 1 fully saturated rings. The fourth-order valence-electron chi connectivity index (χ4n) is 3.91. The Balaban J connectivity index is 1.49. The number of nitrogens with zero attached hydrogens (tertiary/aromatic N) is 5. The molecule has 0 amide bonds. The van der Waals surface area contributed by atoms with E-state index < -0.39 is 0 Å². The van der Waals surface area contributed by atoms with Gasteiger partial charge in [0.25, 0.3) is 0 Å². The van der Waals surface area contributed by atoms with Crippen molar-refractivity contribution in [3.63, 3.8) is 0 Å². The molecule has 3 heterocycles. The summed E-state index contributed by atoms with van der Waals surface area (Å²) < 4.78 is 7.88. The standard InChI is InChI=1S/C23H37N7O/c1-6-24-23(25-10-7-11-30-18(3)12-17(2)28-30)27-14-21-8-9-22(26-13-21)29-15-19(4)31-20(5)16-29/h8-9,12-13,19-20H,6-7,10-11,14-16H2,1-5H3,(H2,24,25,27). The number of ether oxygens (including phenoxy) is 1. The molecule has 1 saturated heterocycles. The molecular weight excluding hydrogens is 390 g/mol. The number of aliphatic imine (C=N–C) groups is 1. The number of guanidine groups is 1. The Kier molecular flexibility index (Phi) is 8.28. The summed E-state index contributed by atoms with van der Waals surface area (Å²) >= 11 is 0. The lowest BCUT2D eigenvalue weighted by atomic mass is 10.2. The number of hydrogen-bond donors (Lipinski definition) is 2. The van der Waals surface area contributed by atoms with Gasteiger partial charge in [0.2, 0.25) is 0 Å². The van der Waals surface area contributed by atoms with Crippen LogP contribution in [0.2, 0.25) is 0 Å². The minimum Gasteiger partial charge on any atom is -0.372 e. The molecule has 1 aliphatic heterocycles. The zero-order chi connectivity index (χ0) is 22.2. The first-order chi connectivity index (χ1) is 14.9. The van der Waals surface area contributed by atoms with Gasteiger partial charge in [-0.2, -0.15) is 5.10 Å². The van der Waals surface area contributed by atoms with Gasteiger partial charge in [0.15, 0.2) is 5.96 Å². The second-order valence-corrected chi connectivity index (χ2v) is 8.31. The van der Waals surface area contributed by atoms with Crippen LogP contribution in [-0.2, 0) is 17.8 Å². The molecule has 3 rings (SSSR count). The van der Waals surface area contributed by atoms with Gasteiger partial charge in [0.05, 0.1) is 24.4 Å². The van der Waals surface area contributed by atoms with E-state index in [1.54, 1.807) is 0 Å². The van der Waals surface area contributed by atoms with E-state index in [-0.39, 0.29) is 12.2 Å². The van der Waals surface area contributed by atoms with Crippen molar-refractivity contribution < 1.29 is 4.74 Å². The van der Waals surface area contributed by atoms with E-state index in [0.29, 0.717) is 6.54 Å². The zero-order valence-corrected chi connectivity index (χ0v) is 19.6. The maximum atomic E-state index is 5.82. The first kappa shape index (κ1) is 23.1. The quantitative estimate of drug-likeness (QED) is 0.383. The third-order valence-corrected chi connectivity index (χ3v) is 5.26. The molecule has 0 aromatic carbocycles. The lowest BCUT2D eigenvalue weighted by molar-refractivity contribution is -0.00545. The first-order valence-corrected chi connectivity index (χ1v) is 11.3. The average Bonchev–Trinajstić information content (AvgIpc) is 3.06. The maximum absolute atomic E-state index is 5.82. The smallest absolute Gasteiger partial charge is 0.191 e. The van der Waals surface area contributed by atoms with Gasteiger partial charge in [-0.05, 0) is 58.7 Å². The van der Waals surface area contributed by atoms with E-state index in [9.17, 15) is 0 Å². The molecular formula is C23H37N7O. The third-order valence-electron chi connectivity index (χ3n) is 5.26. The maximum Gasteiger partial charge on any atom is 0.191 e. The number of pyridine rings is 1. The van der Waals surface area contributed by atoms with Crippen LogP contribution >= 0.6 is 0 Å². The van der Waals surface area contributed by atoms with E-state index in [1.165, 1.54) is 5.69 Å². The molecule has 0 saturated carbocycles. The summed E-state index contributed by atoms with van der Waals surface area (Å²) in [5, 5.41) is 11.2.